The highest BCUT2D eigenvalue weighted by atomic mass is 16.5. The minimum absolute atomic E-state index is 0.353. The molecule has 0 saturated carbocycles. The van der Waals surface area contributed by atoms with Crippen LogP contribution in [0.5, 0.6) is 5.75 Å². The van der Waals surface area contributed by atoms with E-state index in [-0.39, 0.29) is 6.61 Å². The first-order valence-electron chi connectivity index (χ1n) is 7.43. The first kappa shape index (κ1) is 17.3. The van der Waals surface area contributed by atoms with Crippen molar-refractivity contribution in [1.29, 1.82) is 0 Å². The largest absolute Gasteiger partial charge is 0.497 e. The number of rotatable bonds is 6. The number of aryl methyl sites for hydroxylation is 1. The Morgan fingerprint density at radius 3 is 2.67 bits per heavy atom. The number of anilines is 1. The van der Waals surface area contributed by atoms with Crippen LogP contribution < -0.4 is 10.1 Å². The molecule has 2 aromatic rings. The van der Waals surface area contributed by atoms with Crippen molar-refractivity contribution in [2.24, 2.45) is 0 Å². The van der Waals surface area contributed by atoms with E-state index in [2.05, 4.69) is 5.32 Å². The average Bonchev–Trinajstić information content (AvgIpc) is 2.59. The van der Waals surface area contributed by atoms with Gasteiger partial charge in [-0.25, -0.2) is 4.79 Å². The fourth-order valence-electron chi connectivity index (χ4n) is 2.01. The van der Waals surface area contributed by atoms with Gasteiger partial charge in [-0.15, -0.1) is 0 Å². The van der Waals surface area contributed by atoms with Crippen molar-refractivity contribution in [3.05, 3.63) is 65.7 Å². The van der Waals surface area contributed by atoms with E-state index in [1.54, 1.807) is 37.5 Å². The topological polar surface area (TPSA) is 64.6 Å². The van der Waals surface area contributed by atoms with Crippen LogP contribution in [-0.4, -0.2) is 25.6 Å². The molecule has 1 amide bonds. The quantitative estimate of drug-likeness (QED) is 0.654. The lowest BCUT2D eigenvalue weighted by Gasteiger charge is -2.07. The van der Waals surface area contributed by atoms with Crippen molar-refractivity contribution in [1.82, 2.24) is 0 Å². The SMILES string of the molecule is COc1cccc(NC(=O)COC(=O)/C=C/c2ccccc2C)c1. The Morgan fingerprint density at radius 2 is 1.92 bits per heavy atom. The highest BCUT2D eigenvalue weighted by Crippen LogP contribution is 2.16. The minimum atomic E-state index is -0.570. The van der Waals surface area contributed by atoms with Crippen LogP contribution in [0.25, 0.3) is 6.08 Å². The predicted molar refractivity (Wildman–Crippen MR) is 92.8 cm³/mol. The summed E-state index contributed by atoms with van der Waals surface area (Å²) in [4.78, 5) is 23.5. The summed E-state index contributed by atoms with van der Waals surface area (Å²) in [5.74, 6) is -0.356. The molecule has 0 fully saturated rings. The van der Waals surface area contributed by atoms with Crippen LogP contribution in [0.2, 0.25) is 0 Å². The minimum Gasteiger partial charge on any atom is -0.497 e. The second-order valence-electron chi connectivity index (χ2n) is 5.08. The van der Waals surface area contributed by atoms with Crippen LogP contribution in [0, 0.1) is 6.92 Å². The molecule has 5 nitrogen and oxygen atoms in total. The summed E-state index contributed by atoms with van der Waals surface area (Å²) in [6.07, 6.45) is 2.97. The molecule has 0 saturated heterocycles. The van der Waals surface area contributed by atoms with Gasteiger partial charge in [0.25, 0.3) is 5.91 Å². The Morgan fingerprint density at radius 1 is 1.12 bits per heavy atom. The maximum absolute atomic E-state index is 11.8. The normalized spacial score (nSPS) is 10.4. The van der Waals surface area contributed by atoms with Crippen LogP contribution in [0.3, 0.4) is 0 Å². The number of amides is 1. The van der Waals surface area contributed by atoms with Crippen LogP contribution in [0.1, 0.15) is 11.1 Å². The smallest absolute Gasteiger partial charge is 0.331 e. The van der Waals surface area contributed by atoms with Crippen molar-refractivity contribution >= 4 is 23.6 Å². The molecule has 24 heavy (non-hydrogen) atoms. The zero-order valence-corrected chi connectivity index (χ0v) is 13.6. The molecule has 2 aromatic carbocycles. The fraction of sp³-hybridized carbons (Fsp3) is 0.158. The van der Waals surface area contributed by atoms with E-state index in [1.165, 1.54) is 6.08 Å². The monoisotopic (exact) mass is 325 g/mol. The number of methoxy groups -OCH3 is 1. The number of carbonyl (C=O) groups is 2. The predicted octanol–water partition coefficient (Wildman–Crippen LogP) is 3.20. The fourth-order valence-corrected chi connectivity index (χ4v) is 2.01. The molecule has 0 atom stereocenters. The van der Waals surface area contributed by atoms with E-state index < -0.39 is 11.9 Å². The molecule has 0 aliphatic heterocycles. The third kappa shape index (κ3) is 5.28. The molecule has 124 valence electrons. The lowest BCUT2D eigenvalue weighted by molar-refractivity contribution is -0.142. The molecule has 0 aliphatic carbocycles. The molecular formula is C19H19NO4. The van der Waals surface area contributed by atoms with E-state index in [1.807, 2.05) is 31.2 Å². The van der Waals surface area contributed by atoms with Crippen molar-refractivity contribution in [2.45, 2.75) is 6.92 Å². The Bertz CT molecular complexity index is 753. The van der Waals surface area contributed by atoms with Crippen LogP contribution >= 0.6 is 0 Å². The molecule has 0 aromatic heterocycles. The Kier molecular flexibility index (Phi) is 6.14. The number of esters is 1. The summed E-state index contributed by atoms with van der Waals surface area (Å²) in [5.41, 5.74) is 2.55. The first-order chi connectivity index (χ1) is 11.6. The average molecular weight is 325 g/mol. The second-order valence-corrected chi connectivity index (χ2v) is 5.08. The first-order valence-corrected chi connectivity index (χ1v) is 7.43. The van der Waals surface area contributed by atoms with Gasteiger partial charge in [0, 0.05) is 17.8 Å². The van der Waals surface area contributed by atoms with E-state index in [0.29, 0.717) is 11.4 Å². The van der Waals surface area contributed by atoms with Gasteiger partial charge >= 0.3 is 5.97 Å². The zero-order valence-electron chi connectivity index (χ0n) is 13.6. The van der Waals surface area contributed by atoms with Crippen LogP contribution in [-0.2, 0) is 14.3 Å². The van der Waals surface area contributed by atoms with Crippen molar-refractivity contribution in [2.75, 3.05) is 19.0 Å². The molecule has 5 heteroatoms. The van der Waals surface area contributed by atoms with E-state index in [4.69, 9.17) is 9.47 Å². The Hall–Kier alpha value is -3.08. The van der Waals surface area contributed by atoms with Gasteiger partial charge in [-0.1, -0.05) is 30.3 Å². The standard InChI is InChI=1S/C19H19NO4/c1-14-6-3-4-7-15(14)10-11-19(22)24-13-18(21)20-16-8-5-9-17(12-16)23-2/h3-12H,13H2,1-2H3,(H,20,21)/b11-10+. The maximum atomic E-state index is 11.8. The van der Waals surface area contributed by atoms with E-state index in [9.17, 15) is 9.59 Å². The molecular weight excluding hydrogens is 306 g/mol. The van der Waals surface area contributed by atoms with Gasteiger partial charge in [0.05, 0.1) is 7.11 Å². The number of benzene rings is 2. The summed E-state index contributed by atoms with van der Waals surface area (Å²) < 4.78 is 10.00. The summed E-state index contributed by atoms with van der Waals surface area (Å²) in [6.45, 7) is 1.60. The molecule has 0 aliphatic rings. The molecule has 0 radical (unpaired) electrons. The van der Waals surface area contributed by atoms with Gasteiger partial charge in [-0.3, -0.25) is 4.79 Å². The van der Waals surface area contributed by atoms with Gasteiger partial charge in [-0.05, 0) is 36.3 Å². The van der Waals surface area contributed by atoms with Gasteiger partial charge in [0.2, 0.25) is 0 Å². The van der Waals surface area contributed by atoms with Crippen molar-refractivity contribution in [3.63, 3.8) is 0 Å². The lowest BCUT2D eigenvalue weighted by Crippen LogP contribution is -2.20. The van der Waals surface area contributed by atoms with Gasteiger partial charge < -0.3 is 14.8 Å². The number of hydrogen-bond donors (Lipinski definition) is 1. The van der Waals surface area contributed by atoms with Gasteiger partial charge in [-0.2, -0.15) is 0 Å². The number of nitrogens with one attached hydrogen (secondary N) is 1. The number of ether oxygens (including phenoxy) is 2. The summed E-state index contributed by atoms with van der Waals surface area (Å²) in [5, 5.41) is 2.63. The zero-order chi connectivity index (χ0) is 17.4. The summed E-state index contributed by atoms with van der Waals surface area (Å²) in [6, 6.07) is 14.6. The highest BCUT2D eigenvalue weighted by Gasteiger charge is 2.06. The van der Waals surface area contributed by atoms with Crippen molar-refractivity contribution in [3.8, 4) is 5.75 Å². The van der Waals surface area contributed by atoms with E-state index in [0.717, 1.165) is 11.1 Å². The lowest BCUT2D eigenvalue weighted by atomic mass is 10.1. The second kappa shape index (κ2) is 8.53. The summed E-state index contributed by atoms with van der Waals surface area (Å²) >= 11 is 0. The molecule has 2 rings (SSSR count). The Labute approximate surface area is 140 Å². The number of hydrogen-bond acceptors (Lipinski definition) is 4. The maximum Gasteiger partial charge on any atom is 0.331 e. The van der Waals surface area contributed by atoms with Crippen molar-refractivity contribution < 1.29 is 19.1 Å². The molecule has 0 bridgehead atoms. The van der Waals surface area contributed by atoms with Gasteiger partial charge in [0.1, 0.15) is 5.75 Å². The third-order valence-corrected chi connectivity index (χ3v) is 3.29. The van der Waals surface area contributed by atoms with E-state index >= 15 is 0 Å². The third-order valence-electron chi connectivity index (χ3n) is 3.29. The number of carbonyl (C=O) groups excluding carboxylic acids is 2. The molecule has 0 spiro atoms. The van der Waals surface area contributed by atoms with Gasteiger partial charge in [0.15, 0.2) is 6.61 Å². The molecule has 1 N–H and O–H groups in total. The Balaban J connectivity index is 1.83. The van der Waals surface area contributed by atoms with Crippen LogP contribution in [0.15, 0.2) is 54.6 Å². The highest BCUT2D eigenvalue weighted by molar-refractivity contribution is 5.94. The summed E-state index contributed by atoms with van der Waals surface area (Å²) in [7, 11) is 1.55. The molecule has 0 unspecified atom stereocenters. The van der Waals surface area contributed by atoms with Crippen LogP contribution in [0.4, 0.5) is 5.69 Å². The molecule has 0 heterocycles.